The average molecular weight is 338 g/mol. The first-order valence-corrected chi connectivity index (χ1v) is 9.72. The molecule has 5 nitrogen and oxygen atoms in total. The molecular weight excluding hydrogens is 304 g/mol. The number of nitrogens with one attached hydrogen (secondary N) is 1. The van der Waals surface area contributed by atoms with Crippen molar-refractivity contribution in [3.8, 4) is 0 Å². The number of ether oxygens (including phenoxy) is 1. The molecular formula is C19H34N2O3. The van der Waals surface area contributed by atoms with Crippen molar-refractivity contribution in [3.63, 3.8) is 0 Å². The third kappa shape index (κ3) is 3.61. The van der Waals surface area contributed by atoms with Gasteiger partial charge in [-0.25, -0.2) is 0 Å². The van der Waals surface area contributed by atoms with Crippen LogP contribution in [0.5, 0.6) is 0 Å². The molecule has 3 atom stereocenters. The number of epoxide rings is 1. The highest BCUT2D eigenvalue weighted by Crippen LogP contribution is 2.57. The van der Waals surface area contributed by atoms with Crippen LogP contribution in [0.4, 0.5) is 0 Å². The molecule has 1 aliphatic carbocycles. The lowest BCUT2D eigenvalue weighted by molar-refractivity contribution is -0.134. The highest BCUT2D eigenvalue weighted by molar-refractivity contribution is 5.87. The van der Waals surface area contributed by atoms with Gasteiger partial charge in [0.25, 0.3) is 0 Å². The molecule has 1 saturated carbocycles. The highest BCUT2D eigenvalue weighted by atomic mass is 16.6. The van der Waals surface area contributed by atoms with Crippen molar-refractivity contribution in [1.82, 2.24) is 5.32 Å². The molecule has 1 saturated heterocycles. The Morgan fingerprint density at radius 2 is 1.62 bits per heavy atom. The van der Waals surface area contributed by atoms with Crippen LogP contribution in [0, 0.1) is 11.8 Å². The van der Waals surface area contributed by atoms with Crippen LogP contribution in [0.1, 0.15) is 78.6 Å². The van der Waals surface area contributed by atoms with Gasteiger partial charge in [-0.05, 0) is 44.9 Å². The molecule has 0 aromatic rings. The molecule has 0 spiro atoms. The maximum Gasteiger partial charge on any atom is 0.223 e. The Bertz CT molecular complexity index is 462. The van der Waals surface area contributed by atoms with Crippen molar-refractivity contribution in [2.75, 3.05) is 6.54 Å². The van der Waals surface area contributed by atoms with Gasteiger partial charge in [0, 0.05) is 18.4 Å². The van der Waals surface area contributed by atoms with Crippen LogP contribution in [0.2, 0.25) is 0 Å². The molecule has 2 fully saturated rings. The second-order valence-corrected chi connectivity index (χ2v) is 7.45. The first-order valence-electron chi connectivity index (χ1n) is 9.72. The van der Waals surface area contributed by atoms with Crippen molar-refractivity contribution in [2.45, 2.75) is 89.8 Å². The first kappa shape index (κ1) is 19.2. The van der Waals surface area contributed by atoms with E-state index in [4.69, 9.17) is 10.5 Å². The van der Waals surface area contributed by atoms with Crippen LogP contribution < -0.4 is 11.1 Å². The highest BCUT2D eigenvalue weighted by Gasteiger charge is 2.65. The number of carbonyl (C=O) groups is 2. The van der Waals surface area contributed by atoms with Gasteiger partial charge in [-0.1, -0.05) is 33.6 Å². The summed E-state index contributed by atoms with van der Waals surface area (Å²) in [6.45, 7) is 7.21. The number of carbonyl (C=O) groups excluding carboxylic acids is 2. The summed E-state index contributed by atoms with van der Waals surface area (Å²) in [7, 11) is 0. The smallest absolute Gasteiger partial charge is 0.223 e. The van der Waals surface area contributed by atoms with E-state index >= 15 is 0 Å². The van der Waals surface area contributed by atoms with Gasteiger partial charge < -0.3 is 15.8 Å². The van der Waals surface area contributed by atoms with Gasteiger partial charge in [-0.15, -0.1) is 0 Å². The predicted octanol–water partition coefficient (Wildman–Crippen LogP) is 2.91. The van der Waals surface area contributed by atoms with Crippen molar-refractivity contribution in [1.29, 1.82) is 0 Å². The summed E-state index contributed by atoms with van der Waals surface area (Å²) in [5.41, 5.74) is 5.51. The molecule has 24 heavy (non-hydrogen) atoms. The van der Waals surface area contributed by atoms with Gasteiger partial charge in [0.2, 0.25) is 11.8 Å². The minimum Gasteiger partial charge on any atom is -0.369 e. The van der Waals surface area contributed by atoms with Gasteiger partial charge in [0.15, 0.2) is 0 Å². The minimum atomic E-state index is -0.332. The molecule has 0 radical (unpaired) electrons. The fourth-order valence-corrected chi connectivity index (χ4v) is 4.74. The molecule has 1 heterocycles. The Morgan fingerprint density at radius 1 is 1.04 bits per heavy atom. The number of amides is 2. The molecule has 5 heteroatoms. The number of nitrogens with two attached hydrogens (primary N) is 1. The molecule has 0 aromatic heterocycles. The van der Waals surface area contributed by atoms with E-state index in [-0.39, 0.29) is 34.9 Å². The second-order valence-electron chi connectivity index (χ2n) is 7.45. The lowest BCUT2D eigenvalue weighted by Crippen LogP contribution is -2.42. The maximum absolute atomic E-state index is 12.4. The zero-order chi connectivity index (χ0) is 17.8. The van der Waals surface area contributed by atoms with Crippen LogP contribution in [0.25, 0.3) is 0 Å². The zero-order valence-electron chi connectivity index (χ0n) is 15.5. The topological polar surface area (TPSA) is 84.7 Å². The van der Waals surface area contributed by atoms with Crippen molar-refractivity contribution >= 4 is 11.8 Å². The van der Waals surface area contributed by atoms with E-state index in [0.29, 0.717) is 6.54 Å². The average Bonchev–Trinajstić information content (AvgIpc) is 3.27. The van der Waals surface area contributed by atoms with E-state index in [9.17, 15) is 9.59 Å². The number of hydrogen-bond donors (Lipinski definition) is 2. The van der Waals surface area contributed by atoms with Gasteiger partial charge >= 0.3 is 0 Å². The van der Waals surface area contributed by atoms with Gasteiger partial charge in [-0.3, -0.25) is 9.59 Å². The second kappa shape index (κ2) is 7.85. The molecule has 0 bridgehead atoms. The van der Waals surface area contributed by atoms with E-state index in [0.717, 1.165) is 57.8 Å². The molecule has 2 rings (SSSR count). The quantitative estimate of drug-likeness (QED) is 0.501. The van der Waals surface area contributed by atoms with Crippen LogP contribution in [0.3, 0.4) is 0 Å². The number of hydrogen-bond acceptors (Lipinski definition) is 3. The summed E-state index contributed by atoms with van der Waals surface area (Å²) in [6, 6.07) is 0. The molecule has 3 unspecified atom stereocenters. The Balaban J connectivity index is 1.78. The van der Waals surface area contributed by atoms with E-state index in [2.05, 4.69) is 26.1 Å². The van der Waals surface area contributed by atoms with Gasteiger partial charge in [0.05, 0.1) is 11.2 Å². The van der Waals surface area contributed by atoms with Crippen LogP contribution in [-0.4, -0.2) is 29.6 Å². The Kier molecular flexibility index (Phi) is 6.29. The predicted molar refractivity (Wildman–Crippen MR) is 94.3 cm³/mol. The molecule has 3 N–H and O–H groups in total. The SMILES string of the molecule is CCC1(CC)OC1(CC)CCCNC(=O)C1CCCCC1C(N)=O. The number of rotatable bonds is 9. The Morgan fingerprint density at radius 3 is 2.12 bits per heavy atom. The maximum atomic E-state index is 12.4. The summed E-state index contributed by atoms with van der Waals surface area (Å²) in [6.07, 6.45) is 8.53. The molecule has 138 valence electrons. The van der Waals surface area contributed by atoms with E-state index in [1.165, 1.54) is 0 Å². The summed E-state index contributed by atoms with van der Waals surface area (Å²) in [5, 5.41) is 3.02. The normalized spacial score (nSPS) is 31.5. The number of primary amides is 1. The third-order valence-electron chi connectivity index (χ3n) is 6.42. The minimum absolute atomic E-state index is 0.00181. The molecule has 2 amide bonds. The van der Waals surface area contributed by atoms with Gasteiger partial charge in [0.1, 0.15) is 0 Å². The fraction of sp³-hybridized carbons (Fsp3) is 0.895. The van der Waals surface area contributed by atoms with Crippen molar-refractivity contribution in [3.05, 3.63) is 0 Å². The van der Waals surface area contributed by atoms with Crippen LogP contribution >= 0.6 is 0 Å². The summed E-state index contributed by atoms with van der Waals surface area (Å²) in [4.78, 5) is 24.0. The zero-order valence-corrected chi connectivity index (χ0v) is 15.5. The molecule has 1 aliphatic heterocycles. The Labute approximate surface area is 146 Å². The standard InChI is InChI=1S/C19H34N2O3/c1-4-18(5-2)19(6-3,24-18)12-9-13-21-17(23)15-11-8-7-10-14(15)16(20)22/h14-15H,4-13H2,1-3H3,(H2,20,22)(H,21,23). The lowest BCUT2D eigenvalue weighted by atomic mass is 9.78. The lowest BCUT2D eigenvalue weighted by Gasteiger charge is -2.28. The van der Waals surface area contributed by atoms with Gasteiger partial charge in [-0.2, -0.15) is 0 Å². The third-order valence-corrected chi connectivity index (χ3v) is 6.42. The van der Waals surface area contributed by atoms with E-state index in [1.807, 2.05) is 0 Å². The van der Waals surface area contributed by atoms with Crippen molar-refractivity contribution in [2.24, 2.45) is 17.6 Å². The van der Waals surface area contributed by atoms with Crippen molar-refractivity contribution < 1.29 is 14.3 Å². The fourth-order valence-electron chi connectivity index (χ4n) is 4.74. The summed E-state index contributed by atoms with van der Waals surface area (Å²) in [5.74, 6) is -0.862. The summed E-state index contributed by atoms with van der Waals surface area (Å²) >= 11 is 0. The largest absolute Gasteiger partial charge is 0.369 e. The summed E-state index contributed by atoms with van der Waals surface area (Å²) < 4.78 is 6.14. The monoisotopic (exact) mass is 338 g/mol. The Hall–Kier alpha value is -1.10. The first-order chi connectivity index (χ1) is 11.4. The van der Waals surface area contributed by atoms with E-state index in [1.54, 1.807) is 0 Å². The van der Waals surface area contributed by atoms with E-state index < -0.39 is 0 Å². The molecule has 2 aliphatic rings. The van der Waals surface area contributed by atoms with Crippen LogP contribution in [0.15, 0.2) is 0 Å². The molecule has 0 aromatic carbocycles. The van der Waals surface area contributed by atoms with Crippen LogP contribution in [-0.2, 0) is 14.3 Å².